The van der Waals surface area contributed by atoms with Gasteiger partial charge in [-0.25, -0.2) is 0 Å². The van der Waals surface area contributed by atoms with Gasteiger partial charge in [0, 0.05) is 0 Å². The van der Waals surface area contributed by atoms with Gasteiger partial charge in [-0.1, -0.05) is 90.4 Å². The smallest absolute Gasteiger partial charge is 0.00144 e. The normalized spacial score (nSPS) is 28.3. The van der Waals surface area contributed by atoms with E-state index in [1.807, 2.05) is 0 Å². The van der Waals surface area contributed by atoms with E-state index in [1.165, 1.54) is 48.8 Å². The van der Waals surface area contributed by atoms with Crippen molar-refractivity contribution in [2.24, 2.45) is 17.1 Å². The Morgan fingerprint density at radius 3 is 2.35 bits per heavy atom. The summed E-state index contributed by atoms with van der Waals surface area (Å²) in [5, 5.41) is 0. The molecule has 0 unspecified atom stereocenters. The topological polar surface area (TPSA) is 26.0 Å². The Hall–Kier alpha value is -1.60. The zero-order valence-electron chi connectivity index (χ0n) is 20.7. The average molecular weight is 418 g/mol. The lowest BCUT2D eigenvalue weighted by Crippen LogP contribution is -2.54. The molecular weight excluding hydrogens is 374 g/mol. The number of hydrogen-bond acceptors (Lipinski definition) is 1. The highest BCUT2D eigenvalue weighted by molar-refractivity contribution is 5.42. The molecule has 1 nitrogen and oxygen atoms in total. The fourth-order valence-corrected chi connectivity index (χ4v) is 6.87. The summed E-state index contributed by atoms with van der Waals surface area (Å²) in [6.45, 7) is 14.8. The molecule has 0 amide bonds. The van der Waals surface area contributed by atoms with Crippen LogP contribution in [0.3, 0.4) is 0 Å². The third kappa shape index (κ3) is 3.99. The van der Waals surface area contributed by atoms with E-state index in [-0.39, 0.29) is 16.2 Å². The lowest BCUT2D eigenvalue weighted by atomic mass is 9.48. The predicted molar refractivity (Wildman–Crippen MR) is 134 cm³/mol. The minimum atomic E-state index is 0.204. The summed E-state index contributed by atoms with van der Waals surface area (Å²) >= 11 is 0. The SMILES string of the molecule is CC(C)c1ccc2c(c1)CC[C@H]1[C@@](CN)(Cc3ccc(C(C)(C)C)cc3)CCC[C@]21C. The summed E-state index contributed by atoms with van der Waals surface area (Å²) < 4.78 is 0. The minimum Gasteiger partial charge on any atom is -0.330 e. The Morgan fingerprint density at radius 1 is 1.03 bits per heavy atom. The van der Waals surface area contributed by atoms with Crippen molar-refractivity contribution in [3.8, 4) is 0 Å². The molecule has 0 radical (unpaired) electrons. The van der Waals surface area contributed by atoms with Gasteiger partial charge in [-0.2, -0.15) is 0 Å². The van der Waals surface area contributed by atoms with Crippen LogP contribution in [0.25, 0.3) is 0 Å². The van der Waals surface area contributed by atoms with Crippen LogP contribution in [-0.4, -0.2) is 6.54 Å². The number of fused-ring (bicyclic) bond motifs is 3. The molecule has 0 bridgehead atoms. The maximum Gasteiger partial charge on any atom is -0.00144 e. The molecule has 2 aromatic carbocycles. The molecule has 1 saturated carbocycles. The number of benzene rings is 2. The third-order valence-electron chi connectivity index (χ3n) is 8.78. The maximum absolute atomic E-state index is 6.63. The van der Waals surface area contributed by atoms with E-state index in [0.29, 0.717) is 11.8 Å². The van der Waals surface area contributed by atoms with Crippen LogP contribution in [0.2, 0.25) is 0 Å². The lowest BCUT2D eigenvalue weighted by Gasteiger charge is -2.57. The summed E-state index contributed by atoms with van der Waals surface area (Å²) in [6, 6.07) is 16.8. The number of aryl methyl sites for hydroxylation is 1. The minimum absolute atomic E-state index is 0.204. The Morgan fingerprint density at radius 2 is 1.74 bits per heavy atom. The molecule has 2 N–H and O–H groups in total. The first-order valence-electron chi connectivity index (χ1n) is 12.5. The van der Waals surface area contributed by atoms with Crippen LogP contribution in [-0.2, 0) is 23.7 Å². The van der Waals surface area contributed by atoms with E-state index in [0.717, 1.165) is 13.0 Å². The van der Waals surface area contributed by atoms with Gasteiger partial charge < -0.3 is 5.73 Å². The van der Waals surface area contributed by atoms with Gasteiger partial charge in [0.15, 0.2) is 0 Å². The van der Waals surface area contributed by atoms with Gasteiger partial charge in [0.1, 0.15) is 0 Å². The van der Waals surface area contributed by atoms with Gasteiger partial charge >= 0.3 is 0 Å². The second-order valence-electron chi connectivity index (χ2n) is 12.1. The van der Waals surface area contributed by atoms with Crippen LogP contribution in [0.1, 0.15) is 101 Å². The summed E-state index contributed by atoms with van der Waals surface area (Å²) in [6.07, 6.45) is 7.47. The standard InChI is InChI=1S/C30H43N/c1-21(2)23-10-14-26-24(18-23)11-15-27-29(26,6)16-7-17-30(27,20-31)19-22-8-12-25(13-9-22)28(3,4)5/h8-10,12-14,18,21,27H,7,11,15-17,19-20,31H2,1-6H3/t27-,29-,30-/m1/s1. The first-order valence-corrected chi connectivity index (χ1v) is 12.5. The molecular formula is C30H43N. The van der Waals surface area contributed by atoms with E-state index in [4.69, 9.17) is 5.73 Å². The lowest BCUT2D eigenvalue weighted by molar-refractivity contribution is 0.0177. The van der Waals surface area contributed by atoms with E-state index >= 15 is 0 Å². The van der Waals surface area contributed by atoms with Crippen molar-refractivity contribution in [3.05, 3.63) is 70.3 Å². The number of nitrogens with two attached hydrogens (primary N) is 1. The Bertz CT molecular complexity index is 916. The molecule has 3 atom stereocenters. The summed E-state index contributed by atoms with van der Waals surface area (Å²) in [4.78, 5) is 0. The van der Waals surface area contributed by atoms with Crippen LogP contribution in [0.4, 0.5) is 0 Å². The van der Waals surface area contributed by atoms with Gasteiger partial charge in [0.2, 0.25) is 0 Å². The quantitative estimate of drug-likeness (QED) is 0.555. The van der Waals surface area contributed by atoms with E-state index in [2.05, 4.69) is 84.0 Å². The van der Waals surface area contributed by atoms with Gasteiger partial charge in [-0.3, -0.25) is 0 Å². The van der Waals surface area contributed by atoms with E-state index in [1.54, 1.807) is 11.1 Å². The maximum atomic E-state index is 6.63. The highest BCUT2D eigenvalue weighted by Crippen LogP contribution is 2.58. The van der Waals surface area contributed by atoms with Crippen molar-refractivity contribution in [1.82, 2.24) is 0 Å². The highest BCUT2D eigenvalue weighted by Gasteiger charge is 2.53. The summed E-state index contributed by atoms with van der Waals surface area (Å²) in [7, 11) is 0. The molecule has 31 heavy (non-hydrogen) atoms. The molecule has 1 fully saturated rings. The molecule has 0 heterocycles. The van der Waals surface area contributed by atoms with Crippen molar-refractivity contribution >= 4 is 0 Å². The first-order chi connectivity index (χ1) is 14.6. The highest BCUT2D eigenvalue weighted by atomic mass is 14.7. The molecule has 2 aliphatic carbocycles. The van der Waals surface area contributed by atoms with Gasteiger partial charge in [0.05, 0.1) is 0 Å². The van der Waals surface area contributed by atoms with Crippen molar-refractivity contribution in [2.75, 3.05) is 6.54 Å². The van der Waals surface area contributed by atoms with Crippen LogP contribution < -0.4 is 5.73 Å². The average Bonchev–Trinajstić information content (AvgIpc) is 2.73. The van der Waals surface area contributed by atoms with E-state index in [9.17, 15) is 0 Å². The van der Waals surface area contributed by atoms with Crippen molar-refractivity contribution < 1.29 is 0 Å². The Balaban J connectivity index is 1.67. The molecule has 0 aliphatic heterocycles. The van der Waals surface area contributed by atoms with Crippen molar-refractivity contribution in [3.63, 3.8) is 0 Å². The second kappa shape index (κ2) is 8.07. The summed E-state index contributed by atoms with van der Waals surface area (Å²) in [5.41, 5.74) is 14.9. The third-order valence-corrected chi connectivity index (χ3v) is 8.78. The molecule has 0 spiro atoms. The molecule has 4 rings (SSSR count). The van der Waals surface area contributed by atoms with Crippen LogP contribution in [0.15, 0.2) is 42.5 Å². The Labute approximate surface area is 190 Å². The fourth-order valence-electron chi connectivity index (χ4n) is 6.87. The van der Waals surface area contributed by atoms with Crippen LogP contribution >= 0.6 is 0 Å². The van der Waals surface area contributed by atoms with Gasteiger partial charge in [0.25, 0.3) is 0 Å². The fraction of sp³-hybridized carbons (Fsp3) is 0.600. The van der Waals surface area contributed by atoms with Gasteiger partial charge in [-0.15, -0.1) is 0 Å². The van der Waals surface area contributed by atoms with Crippen LogP contribution in [0.5, 0.6) is 0 Å². The second-order valence-corrected chi connectivity index (χ2v) is 12.1. The monoisotopic (exact) mass is 417 g/mol. The Kier molecular flexibility index (Phi) is 5.88. The van der Waals surface area contributed by atoms with E-state index < -0.39 is 0 Å². The number of rotatable bonds is 4. The number of hydrogen-bond donors (Lipinski definition) is 1. The molecule has 0 saturated heterocycles. The summed E-state index contributed by atoms with van der Waals surface area (Å²) in [5.74, 6) is 1.26. The molecule has 168 valence electrons. The first kappa shape index (κ1) is 22.6. The largest absolute Gasteiger partial charge is 0.330 e. The van der Waals surface area contributed by atoms with Crippen molar-refractivity contribution in [1.29, 1.82) is 0 Å². The molecule has 1 heteroatoms. The van der Waals surface area contributed by atoms with Crippen LogP contribution in [0, 0.1) is 11.3 Å². The molecule has 2 aliphatic rings. The zero-order valence-corrected chi connectivity index (χ0v) is 20.7. The van der Waals surface area contributed by atoms with Gasteiger partial charge in [-0.05, 0) is 94.5 Å². The molecule has 2 aromatic rings. The zero-order chi connectivity index (χ0) is 22.4. The molecule has 0 aromatic heterocycles. The van der Waals surface area contributed by atoms with Crippen molar-refractivity contribution in [2.45, 2.75) is 96.8 Å². The predicted octanol–water partition coefficient (Wildman–Crippen LogP) is 7.30.